The third-order valence-electron chi connectivity index (χ3n) is 4.03. The SMILES string of the molecule is OC1(Cc2cccc(OC(F)(F)F)c2)CC2COCC(C1)N2. The number of morpholine rings is 1. The highest BCUT2D eigenvalue weighted by Gasteiger charge is 2.41. The van der Waals surface area contributed by atoms with E-state index in [0.717, 1.165) is 0 Å². The van der Waals surface area contributed by atoms with Crippen LogP contribution in [0.25, 0.3) is 0 Å². The Morgan fingerprint density at radius 1 is 1.27 bits per heavy atom. The van der Waals surface area contributed by atoms with E-state index in [1.54, 1.807) is 6.07 Å². The van der Waals surface area contributed by atoms with E-state index >= 15 is 0 Å². The van der Waals surface area contributed by atoms with Crippen molar-refractivity contribution in [3.63, 3.8) is 0 Å². The van der Waals surface area contributed by atoms with Crippen LogP contribution < -0.4 is 10.1 Å². The molecule has 2 atom stereocenters. The fraction of sp³-hybridized carbons (Fsp3) is 0.600. The summed E-state index contributed by atoms with van der Waals surface area (Å²) in [6.07, 6.45) is -3.36. The first-order valence-electron chi connectivity index (χ1n) is 7.22. The Hall–Kier alpha value is -1.31. The molecule has 2 bridgehead atoms. The van der Waals surface area contributed by atoms with Crippen molar-refractivity contribution in [3.8, 4) is 5.75 Å². The van der Waals surface area contributed by atoms with Crippen LogP contribution in [-0.4, -0.2) is 42.4 Å². The van der Waals surface area contributed by atoms with Gasteiger partial charge in [0.2, 0.25) is 0 Å². The average Bonchev–Trinajstić information content (AvgIpc) is 2.35. The van der Waals surface area contributed by atoms with Crippen molar-refractivity contribution in [2.45, 2.75) is 43.3 Å². The van der Waals surface area contributed by atoms with Gasteiger partial charge in [-0.15, -0.1) is 13.2 Å². The molecular weight excluding hydrogens is 299 g/mol. The van der Waals surface area contributed by atoms with Gasteiger partial charge in [-0.1, -0.05) is 12.1 Å². The van der Waals surface area contributed by atoms with E-state index in [2.05, 4.69) is 10.1 Å². The number of aliphatic hydroxyl groups is 1. The molecule has 1 aromatic carbocycles. The topological polar surface area (TPSA) is 50.7 Å². The summed E-state index contributed by atoms with van der Waals surface area (Å²) in [6.45, 7) is 1.10. The van der Waals surface area contributed by atoms with E-state index in [1.807, 2.05) is 0 Å². The van der Waals surface area contributed by atoms with E-state index in [-0.39, 0.29) is 17.8 Å². The van der Waals surface area contributed by atoms with E-state index in [0.29, 0.717) is 38.0 Å². The average molecular weight is 317 g/mol. The van der Waals surface area contributed by atoms with Gasteiger partial charge in [-0.25, -0.2) is 0 Å². The number of rotatable bonds is 3. The first-order valence-corrected chi connectivity index (χ1v) is 7.22. The Bertz CT molecular complexity index is 523. The lowest BCUT2D eigenvalue weighted by Gasteiger charge is -2.45. The van der Waals surface area contributed by atoms with Gasteiger partial charge < -0.3 is 19.9 Å². The highest BCUT2D eigenvalue weighted by molar-refractivity contribution is 5.30. The van der Waals surface area contributed by atoms with Crippen molar-refractivity contribution >= 4 is 0 Å². The molecule has 2 aliphatic heterocycles. The molecule has 0 aliphatic carbocycles. The smallest absolute Gasteiger partial charge is 0.406 e. The van der Waals surface area contributed by atoms with Gasteiger partial charge in [0.1, 0.15) is 5.75 Å². The van der Waals surface area contributed by atoms with Crippen LogP contribution in [0.1, 0.15) is 18.4 Å². The van der Waals surface area contributed by atoms with Crippen molar-refractivity contribution in [2.24, 2.45) is 0 Å². The van der Waals surface area contributed by atoms with E-state index < -0.39 is 12.0 Å². The monoisotopic (exact) mass is 317 g/mol. The van der Waals surface area contributed by atoms with Crippen molar-refractivity contribution in [1.29, 1.82) is 0 Å². The van der Waals surface area contributed by atoms with Crippen LogP contribution in [0.2, 0.25) is 0 Å². The lowest BCUT2D eigenvalue weighted by atomic mass is 9.79. The van der Waals surface area contributed by atoms with Crippen molar-refractivity contribution < 1.29 is 27.8 Å². The van der Waals surface area contributed by atoms with Gasteiger partial charge in [-0.3, -0.25) is 0 Å². The summed E-state index contributed by atoms with van der Waals surface area (Å²) in [4.78, 5) is 0. The number of alkyl halides is 3. The second-order valence-corrected chi connectivity index (χ2v) is 6.10. The molecule has 2 aliphatic rings. The minimum atomic E-state index is -4.71. The molecule has 0 saturated carbocycles. The van der Waals surface area contributed by atoms with Crippen molar-refractivity contribution in [3.05, 3.63) is 29.8 Å². The molecule has 2 unspecified atom stereocenters. The zero-order valence-electron chi connectivity index (χ0n) is 11.9. The maximum Gasteiger partial charge on any atom is 0.573 e. The lowest BCUT2D eigenvalue weighted by molar-refractivity contribution is -0.274. The first kappa shape index (κ1) is 15.6. The van der Waals surface area contributed by atoms with E-state index in [1.165, 1.54) is 18.2 Å². The minimum absolute atomic E-state index is 0.0899. The molecule has 7 heteroatoms. The molecule has 2 saturated heterocycles. The van der Waals surface area contributed by atoms with Gasteiger partial charge in [0.25, 0.3) is 0 Å². The van der Waals surface area contributed by atoms with Crippen LogP contribution in [0.15, 0.2) is 24.3 Å². The summed E-state index contributed by atoms with van der Waals surface area (Å²) in [7, 11) is 0. The van der Waals surface area contributed by atoms with Gasteiger partial charge in [-0.2, -0.15) is 0 Å². The van der Waals surface area contributed by atoms with Crippen LogP contribution in [0.3, 0.4) is 0 Å². The van der Waals surface area contributed by atoms with Crippen molar-refractivity contribution in [2.75, 3.05) is 13.2 Å². The number of hydrogen-bond acceptors (Lipinski definition) is 4. The molecule has 0 aromatic heterocycles. The Labute approximate surface area is 126 Å². The molecule has 3 rings (SSSR count). The Morgan fingerprint density at radius 2 is 1.95 bits per heavy atom. The molecule has 0 spiro atoms. The predicted molar refractivity (Wildman–Crippen MR) is 72.5 cm³/mol. The summed E-state index contributed by atoms with van der Waals surface area (Å²) in [5.41, 5.74) is -0.300. The molecule has 122 valence electrons. The maximum atomic E-state index is 12.3. The van der Waals surface area contributed by atoms with Crippen molar-refractivity contribution in [1.82, 2.24) is 5.32 Å². The molecule has 22 heavy (non-hydrogen) atoms. The molecule has 0 amide bonds. The highest BCUT2D eigenvalue weighted by Crippen LogP contribution is 2.32. The van der Waals surface area contributed by atoms with Gasteiger partial charge in [-0.05, 0) is 30.5 Å². The summed E-state index contributed by atoms with van der Waals surface area (Å²) < 4.78 is 46.2. The standard InChI is InChI=1S/C15H18F3NO3/c16-15(17,18)22-13-3-1-2-10(4-13)5-14(20)6-11-8-21-9-12(7-14)19-11/h1-4,11-12,19-20H,5-9H2. The Kier molecular flexibility index (Phi) is 4.05. The third-order valence-corrected chi connectivity index (χ3v) is 4.03. The van der Waals surface area contributed by atoms with Crippen LogP contribution >= 0.6 is 0 Å². The third kappa shape index (κ3) is 3.91. The van der Waals surface area contributed by atoms with E-state index in [4.69, 9.17) is 4.74 Å². The molecule has 4 nitrogen and oxygen atoms in total. The number of hydrogen-bond donors (Lipinski definition) is 2. The highest BCUT2D eigenvalue weighted by atomic mass is 19.4. The summed E-state index contributed by atoms with van der Waals surface area (Å²) in [5.74, 6) is -0.258. The van der Waals surface area contributed by atoms with Gasteiger partial charge in [0, 0.05) is 18.5 Å². The second kappa shape index (κ2) is 5.72. The summed E-state index contributed by atoms with van der Waals surface area (Å²) >= 11 is 0. The zero-order chi connectivity index (χ0) is 15.8. The maximum absolute atomic E-state index is 12.3. The molecule has 2 N–H and O–H groups in total. The Balaban J connectivity index is 1.71. The first-order chi connectivity index (χ1) is 10.3. The Morgan fingerprint density at radius 3 is 2.59 bits per heavy atom. The summed E-state index contributed by atoms with van der Waals surface area (Å²) in [6, 6.07) is 5.98. The molecular formula is C15H18F3NO3. The van der Waals surface area contributed by atoms with Crippen LogP contribution in [0.5, 0.6) is 5.75 Å². The normalized spacial score (nSPS) is 31.8. The molecule has 1 aromatic rings. The fourth-order valence-corrected chi connectivity index (χ4v) is 3.40. The minimum Gasteiger partial charge on any atom is -0.406 e. The fourth-order valence-electron chi connectivity index (χ4n) is 3.40. The van der Waals surface area contributed by atoms with Crippen LogP contribution in [-0.2, 0) is 11.2 Å². The number of nitrogens with one attached hydrogen (secondary N) is 1. The van der Waals surface area contributed by atoms with E-state index in [9.17, 15) is 18.3 Å². The number of benzene rings is 1. The molecule has 0 radical (unpaired) electrons. The molecule has 2 heterocycles. The zero-order valence-corrected chi connectivity index (χ0v) is 11.9. The largest absolute Gasteiger partial charge is 0.573 e. The summed E-state index contributed by atoms with van der Waals surface area (Å²) in [5, 5.41) is 14.2. The quantitative estimate of drug-likeness (QED) is 0.895. The van der Waals surface area contributed by atoms with Gasteiger partial charge in [0.15, 0.2) is 0 Å². The van der Waals surface area contributed by atoms with Gasteiger partial charge >= 0.3 is 6.36 Å². The van der Waals surface area contributed by atoms with Crippen LogP contribution in [0, 0.1) is 0 Å². The molecule has 2 fully saturated rings. The number of halogens is 3. The predicted octanol–water partition coefficient (Wildman–Crippen LogP) is 2.01. The number of piperidine rings is 1. The number of fused-ring (bicyclic) bond motifs is 2. The lowest BCUT2D eigenvalue weighted by Crippen LogP contribution is -2.60. The van der Waals surface area contributed by atoms with Gasteiger partial charge in [0.05, 0.1) is 18.8 Å². The van der Waals surface area contributed by atoms with Crippen LogP contribution in [0.4, 0.5) is 13.2 Å². The second-order valence-electron chi connectivity index (χ2n) is 6.10. The number of ether oxygens (including phenoxy) is 2.